The van der Waals surface area contributed by atoms with Gasteiger partial charge in [-0.25, -0.2) is 15.8 Å². The molecule has 1 rings (SSSR count). The first-order valence-corrected chi connectivity index (χ1v) is 6.00. The van der Waals surface area contributed by atoms with Crippen molar-refractivity contribution in [2.75, 3.05) is 12.0 Å². The Hall–Kier alpha value is -1.36. The van der Waals surface area contributed by atoms with E-state index in [1.165, 1.54) is 6.33 Å². The minimum Gasteiger partial charge on any atom is -0.477 e. The number of anilines is 1. The van der Waals surface area contributed by atoms with Crippen molar-refractivity contribution in [2.24, 2.45) is 11.8 Å². The summed E-state index contributed by atoms with van der Waals surface area (Å²) in [6.45, 7) is 9.13. The molecule has 0 unspecified atom stereocenters. The molecule has 96 valence electrons. The van der Waals surface area contributed by atoms with Crippen molar-refractivity contribution < 1.29 is 4.74 Å². The average molecular weight is 238 g/mol. The van der Waals surface area contributed by atoms with Gasteiger partial charge in [0.15, 0.2) is 5.82 Å². The van der Waals surface area contributed by atoms with Crippen LogP contribution in [-0.4, -0.2) is 16.6 Å². The van der Waals surface area contributed by atoms with Crippen LogP contribution in [0.4, 0.5) is 5.82 Å². The smallest absolute Gasteiger partial charge is 0.222 e. The molecule has 3 N–H and O–H groups in total. The second kappa shape index (κ2) is 6.39. The maximum absolute atomic E-state index is 5.71. The van der Waals surface area contributed by atoms with Gasteiger partial charge in [0.1, 0.15) is 6.33 Å². The van der Waals surface area contributed by atoms with Crippen LogP contribution in [0, 0.1) is 5.92 Å². The van der Waals surface area contributed by atoms with Gasteiger partial charge in [-0.15, -0.1) is 0 Å². The summed E-state index contributed by atoms with van der Waals surface area (Å²) in [5.74, 6) is 7.58. The van der Waals surface area contributed by atoms with E-state index in [0.29, 0.717) is 24.2 Å². The summed E-state index contributed by atoms with van der Waals surface area (Å²) in [5.41, 5.74) is 3.51. The Bertz CT molecular complexity index is 352. The standard InChI is InChI=1S/C12H22N4O/c1-8(2)5-6-17-12-10(9(3)4)11(16-13)14-7-15-12/h7-9H,5-6,13H2,1-4H3,(H,14,15,16). The van der Waals surface area contributed by atoms with E-state index in [9.17, 15) is 0 Å². The van der Waals surface area contributed by atoms with Crippen LogP contribution in [0.2, 0.25) is 0 Å². The van der Waals surface area contributed by atoms with Gasteiger partial charge in [0.2, 0.25) is 5.88 Å². The van der Waals surface area contributed by atoms with Crippen LogP contribution in [0.5, 0.6) is 5.88 Å². The number of ether oxygens (including phenoxy) is 1. The van der Waals surface area contributed by atoms with Crippen LogP contribution in [0.3, 0.4) is 0 Å². The summed E-state index contributed by atoms with van der Waals surface area (Å²) in [6.07, 6.45) is 2.47. The van der Waals surface area contributed by atoms with E-state index in [2.05, 4.69) is 43.1 Å². The summed E-state index contributed by atoms with van der Waals surface area (Å²) in [5, 5.41) is 0. The third kappa shape index (κ3) is 3.85. The monoisotopic (exact) mass is 238 g/mol. The number of rotatable bonds is 6. The van der Waals surface area contributed by atoms with Crippen molar-refractivity contribution in [3.63, 3.8) is 0 Å². The molecule has 1 aromatic heterocycles. The van der Waals surface area contributed by atoms with Gasteiger partial charge in [-0.3, -0.25) is 0 Å². The number of hydrogen-bond donors (Lipinski definition) is 2. The molecule has 0 aliphatic carbocycles. The quantitative estimate of drug-likeness (QED) is 0.587. The van der Waals surface area contributed by atoms with Gasteiger partial charge in [0, 0.05) is 0 Å². The Labute approximate surface area is 103 Å². The van der Waals surface area contributed by atoms with Crippen molar-refractivity contribution in [3.05, 3.63) is 11.9 Å². The highest BCUT2D eigenvalue weighted by Gasteiger charge is 2.15. The normalized spacial score (nSPS) is 11.0. The number of hydrogen-bond acceptors (Lipinski definition) is 5. The van der Waals surface area contributed by atoms with E-state index in [1.807, 2.05) is 0 Å². The van der Waals surface area contributed by atoms with Crippen molar-refractivity contribution in [1.29, 1.82) is 0 Å². The summed E-state index contributed by atoms with van der Waals surface area (Å²) in [7, 11) is 0. The van der Waals surface area contributed by atoms with Crippen LogP contribution in [-0.2, 0) is 0 Å². The van der Waals surface area contributed by atoms with E-state index in [1.54, 1.807) is 0 Å². The molecule has 5 nitrogen and oxygen atoms in total. The predicted molar refractivity (Wildman–Crippen MR) is 68.9 cm³/mol. The van der Waals surface area contributed by atoms with Crippen LogP contribution in [0.1, 0.15) is 45.6 Å². The zero-order chi connectivity index (χ0) is 12.8. The Kier molecular flexibility index (Phi) is 5.15. The highest BCUT2D eigenvalue weighted by atomic mass is 16.5. The fourth-order valence-electron chi connectivity index (χ4n) is 1.52. The molecule has 0 aromatic carbocycles. The Morgan fingerprint density at radius 2 is 2.00 bits per heavy atom. The summed E-state index contributed by atoms with van der Waals surface area (Å²) in [4.78, 5) is 8.27. The highest BCUT2D eigenvalue weighted by molar-refractivity contribution is 5.49. The molecule has 0 saturated heterocycles. The molecule has 0 bridgehead atoms. The fourth-order valence-corrected chi connectivity index (χ4v) is 1.52. The minimum absolute atomic E-state index is 0.260. The van der Waals surface area contributed by atoms with Gasteiger partial charge in [-0.05, 0) is 18.3 Å². The summed E-state index contributed by atoms with van der Waals surface area (Å²) in [6, 6.07) is 0. The first kappa shape index (κ1) is 13.7. The first-order chi connectivity index (χ1) is 8.06. The van der Waals surface area contributed by atoms with Gasteiger partial charge in [0.05, 0.1) is 12.2 Å². The van der Waals surface area contributed by atoms with Crippen LogP contribution in [0.15, 0.2) is 6.33 Å². The molecule has 1 aromatic rings. The molecule has 17 heavy (non-hydrogen) atoms. The second-order valence-corrected chi connectivity index (χ2v) is 4.77. The topological polar surface area (TPSA) is 73.1 Å². The third-order valence-corrected chi connectivity index (χ3v) is 2.50. The van der Waals surface area contributed by atoms with E-state index in [4.69, 9.17) is 10.6 Å². The Morgan fingerprint density at radius 3 is 2.53 bits per heavy atom. The fraction of sp³-hybridized carbons (Fsp3) is 0.667. The maximum atomic E-state index is 5.71. The molecule has 0 fully saturated rings. The molecule has 1 heterocycles. The number of hydrazine groups is 1. The molecule has 0 radical (unpaired) electrons. The van der Waals surface area contributed by atoms with E-state index in [0.717, 1.165) is 12.0 Å². The average Bonchev–Trinajstić information content (AvgIpc) is 2.27. The third-order valence-electron chi connectivity index (χ3n) is 2.50. The number of nitrogens with one attached hydrogen (secondary N) is 1. The van der Waals surface area contributed by atoms with E-state index >= 15 is 0 Å². The lowest BCUT2D eigenvalue weighted by atomic mass is 10.1. The Morgan fingerprint density at radius 1 is 1.29 bits per heavy atom. The molecule has 0 aliphatic heterocycles. The van der Waals surface area contributed by atoms with Crippen molar-refractivity contribution in [3.8, 4) is 5.88 Å². The maximum Gasteiger partial charge on any atom is 0.222 e. The number of nitrogens with zero attached hydrogens (tertiary/aromatic N) is 2. The van der Waals surface area contributed by atoms with Crippen LogP contribution >= 0.6 is 0 Å². The largest absolute Gasteiger partial charge is 0.477 e. The van der Waals surface area contributed by atoms with Gasteiger partial charge in [0.25, 0.3) is 0 Å². The molecule has 0 saturated carbocycles. The van der Waals surface area contributed by atoms with Gasteiger partial charge < -0.3 is 10.2 Å². The molecule has 0 aliphatic rings. The van der Waals surface area contributed by atoms with Gasteiger partial charge in [-0.1, -0.05) is 27.7 Å². The van der Waals surface area contributed by atoms with Gasteiger partial charge in [-0.2, -0.15) is 0 Å². The van der Waals surface area contributed by atoms with Crippen molar-refractivity contribution >= 4 is 5.82 Å². The second-order valence-electron chi connectivity index (χ2n) is 4.77. The zero-order valence-electron chi connectivity index (χ0n) is 11.0. The van der Waals surface area contributed by atoms with Crippen molar-refractivity contribution in [2.45, 2.75) is 40.0 Å². The molecule has 0 amide bonds. The molecular weight excluding hydrogens is 216 g/mol. The molecule has 5 heteroatoms. The number of nitrogen functional groups attached to an aromatic ring is 1. The summed E-state index contributed by atoms with van der Waals surface area (Å²) >= 11 is 0. The lowest BCUT2D eigenvalue weighted by Crippen LogP contribution is -2.14. The Balaban J connectivity index is 2.83. The molecule has 0 spiro atoms. The van der Waals surface area contributed by atoms with Crippen molar-refractivity contribution in [1.82, 2.24) is 9.97 Å². The SMILES string of the molecule is CC(C)CCOc1ncnc(NN)c1C(C)C. The number of nitrogens with two attached hydrogens (primary N) is 1. The lowest BCUT2D eigenvalue weighted by Gasteiger charge is -2.16. The summed E-state index contributed by atoms with van der Waals surface area (Å²) < 4.78 is 5.71. The lowest BCUT2D eigenvalue weighted by molar-refractivity contribution is 0.275. The predicted octanol–water partition coefficient (Wildman–Crippen LogP) is 2.31. The molecular formula is C12H22N4O. The highest BCUT2D eigenvalue weighted by Crippen LogP contribution is 2.29. The van der Waals surface area contributed by atoms with Crippen LogP contribution < -0.4 is 16.0 Å². The van der Waals surface area contributed by atoms with Crippen LogP contribution in [0.25, 0.3) is 0 Å². The van der Waals surface area contributed by atoms with E-state index in [-0.39, 0.29) is 5.92 Å². The number of aromatic nitrogens is 2. The zero-order valence-corrected chi connectivity index (χ0v) is 11.0. The molecule has 0 atom stereocenters. The minimum atomic E-state index is 0.260. The van der Waals surface area contributed by atoms with Gasteiger partial charge >= 0.3 is 0 Å². The van der Waals surface area contributed by atoms with E-state index < -0.39 is 0 Å². The first-order valence-electron chi connectivity index (χ1n) is 6.00.